The number of nitrogens with zero attached hydrogens (tertiary/aromatic N) is 3. The summed E-state index contributed by atoms with van der Waals surface area (Å²) in [4.78, 5) is 15.2. The Morgan fingerprint density at radius 3 is 2.27 bits per heavy atom. The van der Waals surface area contributed by atoms with Gasteiger partial charge in [-0.05, 0) is 29.8 Å². The van der Waals surface area contributed by atoms with Crippen LogP contribution in [0, 0.1) is 0 Å². The first-order chi connectivity index (χ1) is 14.1. The van der Waals surface area contributed by atoms with Gasteiger partial charge in [-0.1, -0.05) is 30.3 Å². The molecule has 0 atom stereocenters. The number of carbonyl (C=O) groups is 1. The Labute approximate surface area is 171 Å². The number of aromatic nitrogens is 1. The van der Waals surface area contributed by atoms with Gasteiger partial charge in [-0.15, -0.1) is 0 Å². The van der Waals surface area contributed by atoms with Gasteiger partial charge in [-0.2, -0.15) is 21.6 Å². The fourth-order valence-electron chi connectivity index (χ4n) is 3.72. The molecule has 0 radical (unpaired) electrons. The van der Waals surface area contributed by atoms with E-state index in [4.69, 9.17) is 0 Å². The zero-order chi connectivity index (χ0) is 21.6. The molecule has 0 saturated carbocycles. The van der Waals surface area contributed by atoms with Crippen molar-refractivity contribution >= 4 is 15.9 Å². The monoisotopic (exact) mass is 437 g/mol. The van der Waals surface area contributed by atoms with Gasteiger partial charge in [-0.3, -0.25) is 4.79 Å². The highest BCUT2D eigenvalue weighted by Crippen LogP contribution is 2.38. The van der Waals surface area contributed by atoms with Crippen LogP contribution in [0.4, 0.5) is 13.2 Å². The molecule has 1 aromatic carbocycles. The molecular weight excluding hydrogens is 419 g/mol. The molecule has 2 aromatic rings. The van der Waals surface area contributed by atoms with Gasteiger partial charge in [0.05, 0.1) is 0 Å². The van der Waals surface area contributed by atoms with Crippen molar-refractivity contribution in [3.05, 3.63) is 84.5 Å². The molecule has 3 heterocycles. The summed E-state index contributed by atoms with van der Waals surface area (Å²) >= 11 is 0. The van der Waals surface area contributed by atoms with E-state index in [9.17, 15) is 26.4 Å². The Morgan fingerprint density at radius 2 is 1.63 bits per heavy atom. The van der Waals surface area contributed by atoms with Crippen molar-refractivity contribution in [1.82, 2.24) is 13.8 Å². The number of fused-ring (bicyclic) bond motifs is 2. The molecule has 2 aliphatic rings. The predicted molar refractivity (Wildman–Crippen MR) is 103 cm³/mol. The highest BCUT2D eigenvalue weighted by Gasteiger charge is 2.51. The van der Waals surface area contributed by atoms with Gasteiger partial charge in [-0.25, -0.2) is 4.31 Å². The summed E-state index contributed by atoms with van der Waals surface area (Å²) in [6.07, 6.45) is 5.81. The zero-order valence-corrected chi connectivity index (χ0v) is 16.5. The van der Waals surface area contributed by atoms with E-state index in [0.717, 1.165) is 18.0 Å². The van der Waals surface area contributed by atoms with Crippen molar-refractivity contribution in [3.63, 3.8) is 0 Å². The average molecular weight is 437 g/mol. The maximum Gasteiger partial charge on any atom is 0.517 e. The lowest BCUT2D eigenvalue weighted by Crippen LogP contribution is -2.46. The lowest BCUT2D eigenvalue weighted by Gasteiger charge is -2.33. The van der Waals surface area contributed by atoms with E-state index >= 15 is 0 Å². The maximum atomic E-state index is 13.6. The smallest absolute Gasteiger partial charge is 0.348 e. The van der Waals surface area contributed by atoms with Crippen molar-refractivity contribution in [2.75, 3.05) is 6.54 Å². The van der Waals surface area contributed by atoms with Crippen molar-refractivity contribution in [2.45, 2.75) is 24.0 Å². The van der Waals surface area contributed by atoms with Crippen LogP contribution in [0.3, 0.4) is 0 Å². The number of carbonyl (C=O) groups excluding carboxylic acids is 1. The third kappa shape index (κ3) is 3.20. The topological polar surface area (TPSA) is 62.6 Å². The number of hydrogen-bond donors (Lipinski definition) is 0. The first-order valence-corrected chi connectivity index (χ1v) is 10.6. The molecule has 0 unspecified atom stereocenters. The van der Waals surface area contributed by atoms with E-state index < -0.39 is 20.9 Å². The van der Waals surface area contributed by atoms with Crippen LogP contribution in [0.1, 0.15) is 11.3 Å². The van der Waals surface area contributed by atoms with Crippen LogP contribution in [0.15, 0.2) is 73.2 Å². The standard InChI is InChI=1S/C20H18F3N3O3S/c21-20(22,23)30(28,29)26-11-8-19(9-12-26)17-7-4-10-24(17)13-14-25(18(19)27)15-16-5-2-1-3-6-16/h1-12H,13-15H2. The molecule has 6 nitrogen and oxygen atoms in total. The van der Waals surface area contributed by atoms with Crippen LogP contribution < -0.4 is 0 Å². The molecule has 0 bridgehead atoms. The Hall–Kier alpha value is -3.01. The summed E-state index contributed by atoms with van der Waals surface area (Å²) in [7, 11) is -5.58. The van der Waals surface area contributed by atoms with E-state index in [1.165, 1.54) is 12.2 Å². The highest BCUT2D eigenvalue weighted by atomic mass is 32.2. The second-order valence-electron chi connectivity index (χ2n) is 7.08. The Kier molecular flexibility index (Phi) is 4.76. The van der Waals surface area contributed by atoms with Gasteiger partial charge in [0.25, 0.3) is 0 Å². The molecule has 1 amide bonds. The number of amides is 1. The maximum absolute atomic E-state index is 13.6. The van der Waals surface area contributed by atoms with Crippen LogP contribution >= 0.6 is 0 Å². The van der Waals surface area contributed by atoms with Gasteiger partial charge in [0, 0.05) is 43.9 Å². The fourth-order valence-corrected chi connectivity index (χ4v) is 4.40. The lowest BCUT2D eigenvalue weighted by molar-refractivity contribution is -0.134. The molecule has 0 aliphatic carbocycles. The van der Waals surface area contributed by atoms with E-state index in [2.05, 4.69) is 0 Å². The van der Waals surface area contributed by atoms with Crippen molar-refractivity contribution in [3.8, 4) is 0 Å². The van der Waals surface area contributed by atoms with Crippen LogP contribution in [0.2, 0.25) is 0 Å². The summed E-state index contributed by atoms with van der Waals surface area (Å²) in [5, 5.41) is 0. The van der Waals surface area contributed by atoms with Crippen LogP contribution in [-0.2, 0) is 33.3 Å². The molecule has 0 saturated heterocycles. The number of halogens is 3. The van der Waals surface area contributed by atoms with Crippen molar-refractivity contribution in [1.29, 1.82) is 0 Å². The van der Waals surface area contributed by atoms with E-state index in [-0.39, 0.29) is 10.2 Å². The van der Waals surface area contributed by atoms with Crippen molar-refractivity contribution < 1.29 is 26.4 Å². The van der Waals surface area contributed by atoms with Gasteiger partial charge in [0.1, 0.15) is 5.41 Å². The zero-order valence-electron chi connectivity index (χ0n) is 15.7. The van der Waals surface area contributed by atoms with Gasteiger partial charge in [0.2, 0.25) is 5.91 Å². The second kappa shape index (κ2) is 7.05. The molecule has 4 rings (SSSR count). The predicted octanol–water partition coefficient (Wildman–Crippen LogP) is 2.96. The first-order valence-electron chi connectivity index (χ1n) is 9.13. The third-order valence-corrected chi connectivity index (χ3v) is 6.64. The summed E-state index contributed by atoms with van der Waals surface area (Å²) in [6.45, 7) is 1.25. The molecule has 1 spiro atoms. The molecular formula is C20H18F3N3O3S. The Balaban J connectivity index is 1.73. The average Bonchev–Trinajstić information content (AvgIpc) is 3.16. The summed E-state index contributed by atoms with van der Waals surface area (Å²) in [5.74, 6) is -0.333. The Morgan fingerprint density at radius 1 is 0.967 bits per heavy atom. The quantitative estimate of drug-likeness (QED) is 0.742. The van der Waals surface area contributed by atoms with E-state index in [1.54, 1.807) is 23.2 Å². The molecule has 1 aromatic heterocycles. The summed E-state index contributed by atoms with van der Waals surface area (Å²) in [6, 6.07) is 12.8. The number of rotatable bonds is 3. The molecule has 10 heteroatoms. The van der Waals surface area contributed by atoms with Gasteiger partial charge in [0.15, 0.2) is 0 Å². The minimum absolute atomic E-state index is 0.0885. The third-order valence-electron chi connectivity index (χ3n) is 5.26. The summed E-state index contributed by atoms with van der Waals surface area (Å²) < 4.78 is 64.1. The molecule has 2 aliphatic heterocycles. The fraction of sp³-hybridized carbons (Fsp3) is 0.250. The lowest BCUT2D eigenvalue weighted by atomic mass is 9.81. The number of hydrogen-bond acceptors (Lipinski definition) is 3. The highest BCUT2D eigenvalue weighted by molar-refractivity contribution is 7.90. The first kappa shape index (κ1) is 20.3. The van der Waals surface area contributed by atoms with Crippen LogP contribution in [-0.4, -0.2) is 40.2 Å². The molecule has 0 N–H and O–H groups in total. The van der Waals surface area contributed by atoms with E-state index in [0.29, 0.717) is 25.3 Å². The van der Waals surface area contributed by atoms with Crippen LogP contribution in [0.25, 0.3) is 0 Å². The Bertz CT molecular complexity index is 1110. The number of alkyl halides is 3. The second-order valence-corrected chi connectivity index (χ2v) is 8.91. The molecule has 158 valence electrons. The van der Waals surface area contributed by atoms with E-state index in [1.807, 2.05) is 34.9 Å². The SMILES string of the molecule is O=C1N(Cc2ccccc2)CCn2cccc2C12C=CN(S(=O)(=O)C(F)(F)F)C=C2. The number of benzene rings is 1. The molecule has 0 fully saturated rings. The van der Waals surface area contributed by atoms with Crippen LogP contribution in [0.5, 0.6) is 0 Å². The summed E-state index contributed by atoms with van der Waals surface area (Å²) in [5.41, 5.74) is -5.36. The largest absolute Gasteiger partial charge is 0.517 e. The van der Waals surface area contributed by atoms with Gasteiger partial charge >= 0.3 is 15.5 Å². The molecule has 30 heavy (non-hydrogen) atoms. The van der Waals surface area contributed by atoms with Crippen molar-refractivity contribution in [2.24, 2.45) is 0 Å². The number of sulfonamides is 1. The minimum Gasteiger partial charge on any atom is -0.348 e. The van der Waals surface area contributed by atoms with Gasteiger partial charge < -0.3 is 9.47 Å². The minimum atomic E-state index is -5.58. The normalized spacial score (nSPS) is 18.6.